The highest BCUT2D eigenvalue weighted by molar-refractivity contribution is 8.15. The van der Waals surface area contributed by atoms with Crippen LogP contribution in [0.2, 0.25) is 0 Å². The van der Waals surface area contributed by atoms with Crippen LogP contribution in [0.1, 0.15) is 22.3 Å². The van der Waals surface area contributed by atoms with Crippen molar-refractivity contribution in [3.8, 4) is 5.75 Å². The third-order valence-electron chi connectivity index (χ3n) is 5.67. The average Bonchev–Trinajstić information content (AvgIpc) is 2.90. The number of amides is 2. The van der Waals surface area contributed by atoms with Crippen molar-refractivity contribution in [2.75, 3.05) is 19.0 Å². The predicted octanol–water partition coefficient (Wildman–Crippen LogP) is 4.74. The van der Waals surface area contributed by atoms with Crippen LogP contribution in [0.3, 0.4) is 0 Å². The van der Waals surface area contributed by atoms with Crippen LogP contribution in [0.15, 0.2) is 77.8 Å². The summed E-state index contributed by atoms with van der Waals surface area (Å²) in [6, 6.07) is 18.9. The number of carboxylic acid groups (broad SMARTS) is 1. The van der Waals surface area contributed by atoms with E-state index in [1.807, 2.05) is 24.3 Å². The summed E-state index contributed by atoms with van der Waals surface area (Å²) in [5, 5.41) is 11.4. The molecule has 2 N–H and O–H groups in total. The fourth-order valence-electron chi connectivity index (χ4n) is 3.64. The van der Waals surface area contributed by atoms with Crippen molar-refractivity contribution in [2.45, 2.75) is 18.1 Å². The van der Waals surface area contributed by atoms with Crippen LogP contribution in [0.25, 0.3) is 0 Å². The number of thioether (sulfide) groups is 1. The Kier molecular flexibility index (Phi) is 8.19. The van der Waals surface area contributed by atoms with E-state index in [4.69, 9.17) is 9.84 Å². The van der Waals surface area contributed by atoms with Crippen molar-refractivity contribution in [1.29, 1.82) is 0 Å². The van der Waals surface area contributed by atoms with Crippen LogP contribution in [0.5, 0.6) is 5.75 Å². The van der Waals surface area contributed by atoms with Crippen molar-refractivity contribution in [3.05, 3.63) is 89.7 Å². The molecule has 0 bridgehead atoms. The summed E-state index contributed by atoms with van der Waals surface area (Å²) >= 11 is 1.15. The fraction of sp³-hybridized carbons (Fsp3) is 0.185. The number of nitrogens with one attached hydrogen (secondary N) is 1. The number of ether oxygens (including phenoxy) is 1. The number of aromatic carboxylic acids is 1. The van der Waals surface area contributed by atoms with E-state index in [9.17, 15) is 18.8 Å². The molecule has 190 valence electrons. The molecule has 0 unspecified atom stereocenters. The number of carbonyl (C=O) groups excluding carboxylic acids is 2. The Labute approximate surface area is 217 Å². The van der Waals surface area contributed by atoms with E-state index >= 15 is 0 Å². The van der Waals surface area contributed by atoms with Crippen molar-refractivity contribution in [2.24, 2.45) is 4.99 Å². The van der Waals surface area contributed by atoms with Crippen LogP contribution in [0.4, 0.5) is 15.8 Å². The maximum absolute atomic E-state index is 13.4. The number of hydrogen-bond acceptors (Lipinski definition) is 6. The number of hydrogen-bond donors (Lipinski definition) is 2. The van der Waals surface area contributed by atoms with Gasteiger partial charge in [0.1, 0.15) is 16.8 Å². The minimum atomic E-state index is -1.07. The highest BCUT2D eigenvalue weighted by atomic mass is 32.2. The van der Waals surface area contributed by atoms with Gasteiger partial charge in [0.15, 0.2) is 5.17 Å². The standard InChI is InChI=1S/C27H24FN3O5S/c1-36-22-12-2-17(3-13-22)14-15-31-24(32)16-23(37-27(31)30-21-10-6-19(28)7-11-21)25(33)29-20-8-4-18(5-9-20)26(34)35/h2-13,23H,14-16H2,1H3,(H,29,33)(H,34,35)/t23-/m0/s1. The van der Waals surface area contributed by atoms with Gasteiger partial charge in [-0.1, -0.05) is 23.9 Å². The molecule has 37 heavy (non-hydrogen) atoms. The van der Waals surface area contributed by atoms with Gasteiger partial charge in [0.05, 0.1) is 18.4 Å². The number of aliphatic imine (C=N–C) groups is 1. The van der Waals surface area contributed by atoms with E-state index in [-0.39, 0.29) is 17.9 Å². The van der Waals surface area contributed by atoms with Crippen molar-refractivity contribution in [1.82, 2.24) is 4.90 Å². The lowest BCUT2D eigenvalue weighted by atomic mass is 10.1. The van der Waals surface area contributed by atoms with Crippen LogP contribution < -0.4 is 10.1 Å². The van der Waals surface area contributed by atoms with E-state index in [0.29, 0.717) is 29.5 Å². The molecule has 1 aliphatic heterocycles. The molecule has 0 spiro atoms. The number of carbonyl (C=O) groups is 3. The first kappa shape index (κ1) is 25.9. The van der Waals surface area contributed by atoms with Gasteiger partial charge < -0.3 is 15.2 Å². The Morgan fingerprint density at radius 2 is 1.76 bits per heavy atom. The molecule has 10 heteroatoms. The highest BCUT2D eigenvalue weighted by Gasteiger charge is 2.35. The molecule has 1 saturated heterocycles. The Hall–Kier alpha value is -4.18. The molecule has 1 heterocycles. The molecule has 4 rings (SSSR count). The molecule has 3 aromatic carbocycles. The quantitative estimate of drug-likeness (QED) is 0.444. The summed E-state index contributed by atoms with van der Waals surface area (Å²) < 4.78 is 18.6. The Morgan fingerprint density at radius 3 is 2.38 bits per heavy atom. The van der Waals surface area contributed by atoms with Gasteiger partial charge in [-0.05, 0) is 72.6 Å². The minimum Gasteiger partial charge on any atom is -0.497 e. The molecule has 1 fully saturated rings. The molecular formula is C27H24FN3O5S. The lowest BCUT2D eigenvalue weighted by molar-refractivity contribution is -0.129. The zero-order valence-electron chi connectivity index (χ0n) is 19.9. The van der Waals surface area contributed by atoms with Crippen LogP contribution in [-0.4, -0.2) is 51.9 Å². The second-order valence-electron chi connectivity index (χ2n) is 8.20. The summed E-state index contributed by atoms with van der Waals surface area (Å²) in [5.41, 5.74) is 1.98. The average molecular weight is 522 g/mol. The maximum atomic E-state index is 13.4. The summed E-state index contributed by atoms with van der Waals surface area (Å²) in [6.07, 6.45) is 0.528. The molecule has 1 atom stereocenters. The predicted molar refractivity (Wildman–Crippen MR) is 140 cm³/mol. The zero-order valence-corrected chi connectivity index (χ0v) is 20.7. The van der Waals surface area contributed by atoms with Crippen LogP contribution >= 0.6 is 11.8 Å². The molecule has 3 aromatic rings. The van der Waals surface area contributed by atoms with E-state index in [0.717, 1.165) is 23.1 Å². The number of methoxy groups -OCH3 is 1. The van der Waals surface area contributed by atoms with Crippen molar-refractivity contribution >= 4 is 46.1 Å². The summed E-state index contributed by atoms with van der Waals surface area (Å²) in [6.45, 7) is 0.350. The normalized spacial score (nSPS) is 16.5. The van der Waals surface area contributed by atoms with Gasteiger partial charge >= 0.3 is 5.97 Å². The fourth-order valence-corrected chi connectivity index (χ4v) is 4.76. The second-order valence-corrected chi connectivity index (χ2v) is 9.37. The monoisotopic (exact) mass is 521 g/mol. The molecule has 0 saturated carbocycles. The van der Waals surface area contributed by atoms with Gasteiger partial charge in [-0.2, -0.15) is 0 Å². The lowest BCUT2D eigenvalue weighted by Gasteiger charge is -2.32. The van der Waals surface area contributed by atoms with E-state index in [2.05, 4.69) is 10.3 Å². The van der Waals surface area contributed by atoms with Gasteiger partial charge in [-0.25, -0.2) is 14.2 Å². The summed E-state index contributed by atoms with van der Waals surface area (Å²) in [5.74, 6) is -1.39. The molecule has 0 radical (unpaired) electrons. The topological polar surface area (TPSA) is 108 Å². The number of benzene rings is 3. The zero-order chi connectivity index (χ0) is 26.4. The van der Waals surface area contributed by atoms with Gasteiger partial charge in [-0.3, -0.25) is 14.5 Å². The molecule has 2 amide bonds. The first-order valence-corrected chi connectivity index (χ1v) is 12.3. The SMILES string of the molecule is COc1ccc(CCN2C(=O)C[C@@H](C(=O)Nc3ccc(C(=O)O)cc3)SC2=Nc2ccc(F)cc2)cc1. The molecule has 1 aliphatic rings. The van der Waals surface area contributed by atoms with Gasteiger partial charge in [0, 0.05) is 18.7 Å². The molecular weight excluding hydrogens is 497 g/mol. The van der Waals surface area contributed by atoms with Gasteiger partial charge in [-0.15, -0.1) is 0 Å². The van der Waals surface area contributed by atoms with Gasteiger partial charge in [0.2, 0.25) is 11.8 Å². The Morgan fingerprint density at radius 1 is 1.08 bits per heavy atom. The van der Waals surface area contributed by atoms with E-state index in [1.54, 1.807) is 12.0 Å². The van der Waals surface area contributed by atoms with Crippen LogP contribution in [0, 0.1) is 5.82 Å². The number of nitrogens with zero attached hydrogens (tertiary/aromatic N) is 2. The smallest absolute Gasteiger partial charge is 0.335 e. The summed E-state index contributed by atoms with van der Waals surface area (Å²) in [7, 11) is 1.59. The Bertz CT molecular complexity index is 1310. The molecule has 0 aliphatic carbocycles. The number of carboxylic acids is 1. The van der Waals surface area contributed by atoms with Crippen LogP contribution in [-0.2, 0) is 16.0 Å². The number of amidine groups is 1. The number of anilines is 1. The number of rotatable bonds is 8. The molecule has 0 aromatic heterocycles. The minimum absolute atomic E-state index is 0.0330. The second kappa shape index (κ2) is 11.7. The van der Waals surface area contributed by atoms with Crippen molar-refractivity contribution in [3.63, 3.8) is 0 Å². The summed E-state index contributed by atoms with van der Waals surface area (Å²) in [4.78, 5) is 43.3. The van der Waals surface area contributed by atoms with Crippen molar-refractivity contribution < 1.29 is 28.6 Å². The lowest BCUT2D eigenvalue weighted by Crippen LogP contribution is -2.46. The first-order chi connectivity index (χ1) is 17.8. The highest BCUT2D eigenvalue weighted by Crippen LogP contribution is 2.30. The first-order valence-electron chi connectivity index (χ1n) is 11.4. The Balaban J connectivity index is 1.52. The third-order valence-corrected chi connectivity index (χ3v) is 6.85. The molecule has 8 nitrogen and oxygen atoms in total. The number of halogens is 1. The largest absolute Gasteiger partial charge is 0.497 e. The van der Waals surface area contributed by atoms with Gasteiger partial charge in [0.25, 0.3) is 0 Å². The third kappa shape index (κ3) is 6.73. The maximum Gasteiger partial charge on any atom is 0.335 e. The van der Waals surface area contributed by atoms with E-state index < -0.39 is 22.9 Å². The van der Waals surface area contributed by atoms with E-state index in [1.165, 1.54) is 48.5 Å².